The van der Waals surface area contributed by atoms with E-state index >= 15 is 0 Å². The number of halogens is 1. The fraction of sp³-hybridized carbons (Fsp3) is 0.462. The average molecular weight is 514 g/mol. The molecular weight excluding hydrogens is 481 g/mol. The third kappa shape index (κ3) is 5.61. The van der Waals surface area contributed by atoms with Gasteiger partial charge in [-0.25, -0.2) is 18.6 Å². The van der Waals surface area contributed by atoms with Crippen LogP contribution in [0.1, 0.15) is 31.2 Å². The van der Waals surface area contributed by atoms with Gasteiger partial charge in [-0.05, 0) is 69.0 Å². The van der Waals surface area contributed by atoms with Crippen molar-refractivity contribution < 1.29 is 18.4 Å². The van der Waals surface area contributed by atoms with E-state index in [1.165, 1.54) is 18.5 Å². The van der Waals surface area contributed by atoms with Gasteiger partial charge in [-0.15, -0.1) is 0 Å². The molecule has 2 aliphatic heterocycles. The average Bonchev–Trinajstić information content (AvgIpc) is 3.27. The molecule has 10 heteroatoms. The molecule has 2 fully saturated rings. The maximum Gasteiger partial charge on any atom is 0.146 e. The van der Waals surface area contributed by atoms with Crippen LogP contribution in [0.3, 0.4) is 0 Å². The number of aromatic nitrogens is 2. The van der Waals surface area contributed by atoms with E-state index in [2.05, 4.69) is 24.5 Å². The minimum absolute atomic E-state index is 0.0989. The zero-order valence-electron chi connectivity index (χ0n) is 20.5. The summed E-state index contributed by atoms with van der Waals surface area (Å²) < 4.78 is 37.9. The molecule has 0 saturated carbocycles. The number of likely N-dealkylation sites (tertiary alicyclic amines) is 1. The summed E-state index contributed by atoms with van der Waals surface area (Å²) in [5.41, 5.74) is 2.89. The van der Waals surface area contributed by atoms with Crippen LogP contribution in [0, 0.1) is 12.7 Å². The van der Waals surface area contributed by atoms with Crippen molar-refractivity contribution >= 4 is 37.8 Å². The van der Waals surface area contributed by atoms with Crippen LogP contribution in [0.15, 0.2) is 41.0 Å². The molecule has 3 aromatic rings. The van der Waals surface area contributed by atoms with Gasteiger partial charge >= 0.3 is 0 Å². The summed E-state index contributed by atoms with van der Waals surface area (Å²) in [6, 6.07) is 8.19. The summed E-state index contributed by atoms with van der Waals surface area (Å²) in [5, 5.41) is 13.4. The number of rotatable bonds is 7. The Balaban J connectivity index is 1.44. The van der Waals surface area contributed by atoms with Crippen molar-refractivity contribution in [3.8, 4) is 5.75 Å². The lowest BCUT2D eigenvalue weighted by Crippen LogP contribution is -2.42. The van der Waals surface area contributed by atoms with Crippen LogP contribution < -0.4 is 10.1 Å². The van der Waals surface area contributed by atoms with Gasteiger partial charge in [-0.1, -0.05) is 0 Å². The van der Waals surface area contributed by atoms with Crippen LogP contribution >= 0.6 is 0 Å². The first-order valence-electron chi connectivity index (χ1n) is 12.5. The van der Waals surface area contributed by atoms with Gasteiger partial charge in [0.25, 0.3) is 0 Å². The molecular formula is C26H32FN5O3S. The van der Waals surface area contributed by atoms with E-state index < -0.39 is 9.73 Å². The number of nitrogens with zero attached hydrogens (tertiary/aromatic N) is 4. The number of hydrogen-bond acceptors (Lipinski definition) is 8. The van der Waals surface area contributed by atoms with Crippen molar-refractivity contribution in [2.24, 2.45) is 4.36 Å². The fourth-order valence-electron chi connectivity index (χ4n) is 5.02. The number of benzene rings is 2. The van der Waals surface area contributed by atoms with E-state index in [1.807, 2.05) is 19.1 Å². The van der Waals surface area contributed by atoms with Crippen molar-refractivity contribution in [3.05, 3.63) is 48.0 Å². The molecule has 5 rings (SSSR count). The summed E-state index contributed by atoms with van der Waals surface area (Å²) in [5.74, 6) is 1.91. The summed E-state index contributed by atoms with van der Waals surface area (Å²) >= 11 is 0. The number of fused-ring (bicyclic) bond motifs is 1. The lowest BCUT2D eigenvalue weighted by Gasteiger charge is -2.32. The van der Waals surface area contributed by atoms with E-state index in [0.717, 1.165) is 43.2 Å². The van der Waals surface area contributed by atoms with Crippen molar-refractivity contribution in [1.82, 2.24) is 14.9 Å². The Kier molecular flexibility index (Phi) is 7.36. The predicted molar refractivity (Wildman–Crippen MR) is 140 cm³/mol. The van der Waals surface area contributed by atoms with Gasteiger partial charge in [0.05, 0.1) is 33.2 Å². The lowest BCUT2D eigenvalue weighted by atomic mass is 10.1. The Bertz CT molecular complexity index is 1360. The van der Waals surface area contributed by atoms with Crippen molar-refractivity contribution in [3.63, 3.8) is 0 Å². The maximum absolute atomic E-state index is 14.2. The third-order valence-corrected chi connectivity index (χ3v) is 9.13. The lowest BCUT2D eigenvalue weighted by molar-refractivity contribution is 0.0770. The molecule has 8 nitrogen and oxygen atoms in total. The van der Waals surface area contributed by atoms with Gasteiger partial charge in [0.15, 0.2) is 0 Å². The Morgan fingerprint density at radius 1 is 1.22 bits per heavy atom. The zero-order valence-corrected chi connectivity index (χ0v) is 21.3. The molecule has 36 heavy (non-hydrogen) atoms. The molecule has 2 N–H and O–H groups in total. The summed E-state index contributed by atoms with van der Waals surface area (Å²) in [6.07, 6.45) is 5.10. The SMILES string of the molecule is Cc1cc(N=S2(=O)CCCC2)cc2ncnc(Nc3ccc(F)cc3O[C@@H]3CCCN(CCO)C3)c12. The van der Waals surface area contributed by atoms with Gasteiger partial charge < -0.3 is 15.2 Å². The van der Waals surface area contributed by atoms with Gasteiger partial charge in [-0.2, -0.15) is 4.36 Å². The minimum Gasteiger partial charge on any atom is -0.487 e. The molecule has 3 heterocycles. The van der Waals surface area contributed by atoms with Gasteiger partial charge in [0.2, 0.25) is 0 Å². The number of anilines is 2. The first kappa shape index (κ1) is 24.9. The molecule has 0 amide bonds. The Morgan fingerprint density at radius 3 is 2.86 bits per heavy atom. The highest BCUT2D eigenvalue weighted by Gasteiger charge is 2.23. The number of aryl methyl sites for hydroxylation is 1. The number of aliphatic hydroxyl groups is 1. The first-order chi connectivity index (χ1) is 17.4. The molecule has 2 saturated heterocycles. The van der Waals surface area contributed by atoms with Gasteiger partial charge in [0.1, 0.15) is 29.8 Å². The highest BCUT2D eigenvalue weighted by molar-refractivity contribution is 7.93. The number of piperidine rings is 1. The minimum atomic E-state index is -2.19. The van der Waals surface area contributed by atoms with Crippen molar-refractivity contribution in [2.45, 2.75) is 38.7 Å². The first-order valence-corrected chi connectivity index (χ1v) is 14.3. The second-order valence-corrected chi connectivity index (χ2v) is 12.1. The third-order valence-electron chi connectivity index (χ3n) is 6.74. The van der Waals surface area contributed by atoms with Crippen LogP contribution in [0.2, 0.25) is 0 Å². The topological polar surface area (TPSA) is 99.9 Å². The summed E-state index contributed by atoms with van der Waals surface area (Å²) in [4.78, 5) is 11.1. The number of nitrogens with one attached hydrogen (secondary N) is 1. The molecule has 2 aromatic carbocycles. The smallest absolute Gasteiger partial charge is 0.146 e. The summed E-state index contributed by atoms with van der Waals surface area (Å²) in [7, 11) is -2.19. The predicted octanol–water partition coefficient (Wildman–Crippen LogP) is 4.55. The molecule has 0 radical (unpaired) electrons. The molecule has 0 bridgehead atoms. The Hall–Kier alpha value is -2.82. The normalized spacial score (nSPS) is 19.9. The second-order valence-electron chi connectivity index (χ2n) is 9.53. The number of β-amino-alcohol motifs (C(OH)–C–C–N with tert-alkyl or cyclic N) is 1. The van der Waals surface area contributed by atoms with Gasteiger partial charge in [0, 0.05) is 36.0 Å². The van der Waals surface area contributed by atoms with Crippen LogP contribution in [0.5, 0.6) is 5.75 Å². The number of ether oxygens (including phenoxy) is 1. The molecule has 192 valence electrons. The maximum atomic E-state index is 14.2. The van der Waals surface area contributed by atoms with E-state index in [-0.39, 0.29) is 18.5 Å². The van der Waals surface area contributed by atoms with Crippen LogP contribution in [-0.4, -0.2) is 68.0 Å². The standard InChI is InChI=1S/C26H32FN5O3S/c1-18-13-20(31-36(34)11-2-3-12-36)15-23-25(18)26(29-17-28-23)30-22-7-6-19(27)14-24(22)35-21-5-4-8-32(16-21)9-10-33/h6-7,13-15,17,21,33H,2-5,8-12,16H2,1H3,(H,28,29,30)/t21-/m1/s1. The molecule has 0 unspecified atom stereocenters. The van der Waals surface area contributed by atoms with Crippen molar-refractivity contribution in [2.75, 3.05) is 43.1 Å². The van der Waals surface area contributed by atoms with Crippen LogP contribution in [0.4, 0.5) is 21.6 Å². The fourth-order valence-corrected chi connectivity index (χ4v) is 7.21. The monoisotopic (exact) mass is 513 g/mol. The highest BCUT2D eigenvalue weighted by atomic mass is 32.2. The van der Waals surface area contributed by atoms with E-state index in [0.29, 0.717) is 53.1 Å². The second kappa shape index (κ2) is 10.7. The molecule has 0 spiro atoms. The Labute approximate surface area is 211 Å². The number of aliphatic hydroxyl groups excluding tert-OH is 1. The summed E-state index contributed by atoms with van der Waals surface area (Å²) in [6.45, 7) is 4.26. The number of hydrogen-bond donors (Lipinski definition) is 2. The quantitative estimate of drug-likeness (QED) is 0.478. The van der Waals surface area contributed by atoms with Crippen LogP contribution in [0.25, 0.3) is 10.9 Å². The molecule has 1 atom stereocenters. The van der Waals surface area contributed by atoms with E-state index in [4.69, 9.17) is 4.74 Å². The van der Waals surface area contributed by atoms with Gasteiger partial charge in [-0.3, -0.25) is 4.90 Å². The van der Waals surface area contributed by atoms with Crippen LogP contribution in [-0.2, 0) is 9.73 Å². The van der Waals surface area contributed by atoms with Crippen molar-refractivity contribution in [1.29, 1.82) is 0 Å². The largest absolute Gasteiger partial charge is 0.487 e. The Morgan fingerprint density at radius 2 is 2.06 bits per heavy atom. The molecule has 2 aliphatic rings. The highest BCUT2D eigenvalue weighted by Crippen LogP contribution is 2.35. The zero-order chi connectivity index (χ0) is 25.1. The molecule has 0 aliphatic carbocycles. The molecule has 1 aromatic heterocycles. The van der Waals surface area contributed by atoms with E-state index in [9.17, 15) is 13.7 Å². The van der Waals surface area contributed by atoms with E-state index in [1.54, 1.807) is 6.07 Å².